The van der Waals surface area contributed by atoms with E-state index in [-0.39, 0.29) is 0 Å². The Morgan fingerprint density at radius 2 is 2.16 bits per heavy atom. The Labute approximate surface area is 148 Å². The molecule has 2 aromatic rings. The number of fused-ring (bicyclic) bond motifs is 1. The van der Waals surface area contributed by atoms with Crippen molar-refractivity contribution in [3.8, 4) is 5.75 Å². The molecule has 1 heterocycles. The molecule has 0 amide bonds. The van der Waals surface area contributed by atoms with Crippen molar-refractivity contribution in [3.05, 3.63) is 47.9 Å². The van der Waals surface area contributed by atoms with Gasteiger partial charge in [0.25, 0.3) is 0 Å². The summed E-state index contributed by atoms with van der Waals surface area (Å²) in [6.07, 6.45) is 8.11. The highest BCUT2D eigenvalue weighted by Crippen LogP contribution is 2.24. The van der Waals surface area contributed by atoms with E-state index in [0.717, 1.165) is 41.7 Å². The van der Waals surface area contributed by atoms with Crippen LogP contribution in [-0.4, -0.2) is 49.3 Å². The van der Waals surface area contributed by atoms with Gasteiger partial charge in [-0.25, -0.2) is 9.97 Å². The van der Waals surface area contributed by atoms with Crippen LogP contribution in [0.1, 0.15) is 12.8 Å². The molecule has 0 saturated heterocycles. The number of rotatable bonds is 7. The standard InChI is InChI=1S/C19H24N4O2/c1-23(10-11-24-2)18-7-5-4-6-17(18)22-19-20-13-14-12-15(25-3)8-9-16(14)21-19/h4,6,8-9,12-13H,5,7,10-11H2,1-3H3,(H,20,21,22). The number of benzene rings is 1. The molecule has 3 rings (SSSR count). The third-order valence-corrected chi connectivity index (χ3v) is 4.27. The molecular weight excluding hydrogens is 316 g/mol. The maximum atomic E-state index is 5.24. The van der Waals surface area contributed by atoms with E-state index in [1.165, 1.54) is 5.70 Å². The first kappa shape index (κ1) is 17.2. The fourth-order valence-electron chi connectivity index (χ4n) is 2.84. The topological polar surface area (TPSA) is 59.5 Å². The molecule has 6 nitrogen and oxygen atoms in total. The Balaban J connectivity index is 1.84. The number of nitrogens with zero attached hydrogens (tertiary/aromatic N) is 3. The van der Waals surface area contributed by atoms with Gasteiger partial charge in [0.15, 0.2) is 0 Å². The summed E-state index contributed by atoms with van der Waals surface area (Å²) in [4.78, 5) is 11.3. The van der Waals surface area contributed by atoms with Gasteiger partial charge in [-0.3, -0.25) is 0 Å². The molecule has 0 saturated carbocycles. The molecule has 0 spiro atoms. The predicted octanol–water partition coefficient (Wildman–Crippen LogP) is 3.19. The molecule has 1 aromatic heterocycles. The van der Waals surface area contributed by atoms with Gasteiger partial charge in [-0.2, -0.15) is 0 Å². The first-order valence-electron chi connectivity index (χ1n) is 8.39. The number of methoxy groups -OCH3 is 2. The minimum atomic E-state index is 0.594. The molecule has 0 bridgehead atoms. The smallest absolute Gasteiger partial charge is 0.227 e. The third-order valence-electron chi connectivity index (χ3n) is 4.27. The van der Waals surface area contributed by atoms with Crippen LogP contribution in [0, 0.1) is 0 Å². The maximum Gasteiger partial charge on any atom is 0.227 e. The lowest BCUT2D eigenvalue weighted by Crippen LogP contribution is -2.26. The normalized spacial score (nSPS) is 14.0. The molecule has 0 unspecified atom stereocenters. The summed E-state index contributed by atoms with van der Waals surface area (Å²) in [5.41, 5.74) is 3.17. The lowest BCUT2D eigenvalue weighted by Gasteiger charge is -2.27. The van der Waals surface area contributed by atoms with E-state index in [4.69, 9.17) is 9.47 Å². The van der Waals surface area contributed by atoms with Crippen LogP contribution < -0.4 is 10.1 Å². The first-order valence-corrected chi connectivity index (χ1v) is 8.39. The highest BCUT2D eigenvalue weighted by Gasteiger charge is 2.14. The number of anilines is 1. The van der Waals surface area contributed by atoms with Crippen LogP contribution in [0.2, 0.25) is 0 Å². The number of nitrogens with one attached hydrogen (secondary N) is 1. The van der Waals surface area contributed by atoms with Crippen molar-refractivity contribution >= 4 is 16.9 Å². The second-order valence-electron chi connectivity index (χ2n) is 5.96. The van der Waals surface area contributed by atoms with Crippen molar-refractivity contribution in [1.82, 2.24) is 14.9 Å². The SMILES string of the molecule is COCCN(C)C1=C(Nc2ncc3cc(OC)ccc3n2)C=CCC1. The Bertz CT molecular complexity index is 801. The van der Waals surface area contributed by atoms with Gasteiger partial charge in [0.1, 0.15) is 5.75 Å². The Morgan fingerprint density at radius 1 is 1.28 bits per heavy atom. The largest absolute Gasteiger partial charge is 0.497 e. The van der Waals surface area contributed by atoms with Crippen LogP contribution in [0.25, 0.3) is 10.9 Å². The zero-order chi connectivity index (χ0) is 17.6. The fraction of sp³-hybridized carbons (Fsp3) is 0.368. The number of hydrogen-bond acceptors (Lipinski definition) is 6. The van der Waals surface area contributed by atoms with Gasteiger partial charge in [-0.05, 0) is 37.1 Å². The van der Waals surface area contributed by atoms with Crippen molar-refractivity contribution in [3.63, 3.8) is 0 Å². The summed E-state index contributed by atoms with van der Waals surface area (Å²) in [6, 6.07) is 5.78. The number of ether oxygens (including phenoxy) is 2. The van der Waals surface area contributed by atoms with E-state index in [0.29, 0.717) is 12.6 Å². The molecule has 25 heavy (non-hydrogen) atoms. The van der Waals surface area contributed by atoms with Crippen molar-refractivity contribution in [2.24, 2.45) is 0 Å². The molecule has 1 aromatic carbocycles. The summed E-state index contributed by atoms with van der Waals surface area (Å²) < 4.78 is 10.4. The van der Waals surface area contributed by atoms with E-state index in [2.05, 4.69) is 39.4 Å². The van der Waals surface area contributed by atoms with Crippen LogP contribution in [0.3, 0.4) is 0 Å². The van der Waals surface area contributed by atoms with E-state index >= 15 is 0 Å². The van der Waals surface area contributed by atoms with Crippen molar-refractivity contribution in [1.29, 1.82) is 0 Å². The maximum absolute atomic E-state index is 5.24. The predicted molar refractivity (Wildman–Crippen MR) is 99.6 cm³/mol. The van der Waals surface area contributed by atoms with Gasteiger partial charge >= 0.3 is 0 Å². The Kier molecular flexibility index (Phi) is 5.50. The average Bonchev–Trinajstić information content (AvgIpc) is 2.66. The first-order chi connectivity index (χ1) is 12.2. The minimum Gasteiger partial charge on any atom is -0.497 e. The van der Waals surface area contributed by atoms with E-state index in [9.17, 15) is 0 Å². The summed E-state index contributed by atoms with van der Waals surface area (Å²) >= 11 is 0. The Hall–Kier alpha value is -2.60. The van der Waals surface area contributed by atoms with Gasteiger partial charge < -0.3 is 19.7 Å². The summed E-state index contributed by atoms with van der Waals surface area (Å²) in [6.45, 7) is 1.55. The van der Waals surface area contributed by atoms with Crippen molar-refractivity contribution < 1.29 is 9.47 Å². The second kappa shape index (κ2) is 7.98. The third kappa shape index (κ3) is 4.09. The lowest BCUT2D eigenvalue weighted by atomic mass is 10.1. The van der Waals surface area contributed by atoms with Crippen LogP contribution in [0.5, 0.6) is 5.75 Å². The highest BCUT2D eigenvalue weighted by atomic mass is 16.5. The number of allylic oxidation sites excluding steroid dienone is 3. The minimum absolute atomic E-state index is 0.594. The monoisotopic (exact) mass is 340 g/mol. The van der Waals surface area contributed by atoms with Gasteiger partial charge in [-0.1, -0.05) is 6.08 Å². The van der Waals surface area contributed by atoms with Crippen LogP contribution in [0.4, 0.5) is 5.95 Å². The van der Waals surface area contributed by atoms with E-state index < -0.39 is 0 Å². The van der Waals surface area contributed by atoms with Crippen LogP contribution in [0.15, 0.2) is 47.9 Å². The van der Waals surface area contributed by atoms with E-state index in [1.54, 1.807) is 14.2 Å². The lowest BCUT2D eigenvalue weighted by molar-refractivity contribution is 0.172. The molecule has 6 heteroatoms. The quantitative estimate of drug-likeness (QED) is 0.835. The number of hydrogen-bond donors (Lipinski definition) is 1. The molecule has 0 radical (unpaired) electrons. The van der Waals surface area contributed by atoms with Crippen LogP contribution >= 0.6 is 0 Å². The zero-order valence-electron chi connectivity index (χ0n) is 15.0. The molecule has 1 aliphatic rings. The molecule has 0 aliphatic heterocycles. The Morgan fingerprint density at radius 3 is 2.96 bits per heavy atom. The second-order valence-corrected chi connectivity index (χ2v) is 5.96. The zero-order valence-corrected chi connectivity index (χ0v) is 15.0. The highest BCUT2D eigenvalue weighted by molar-refractivity contribution is 5.80. The van der Waals surface area contributed by atoms with Gasteiger partial charge in [0, 0.05) is 38.0 Å². The van der Waals surface area contributed by atoms with E-state index in [1.807, 2.05) is 24.4 Å². The molecule has 1 aliphatic carbocycles. The average molecular weight is 340 g/mol. The molecule has 0 fully saturated rings. The fourth-order valence-corrected chi connectivity index (χ4v) is 2.84. The molecule has 1 N–H and O–H groups in total. The van der Waals surface area contributed by atoms with Gasteiger partial charge in [0.05, 0.1) is 24.9 Å². The summed E-state index contributed by atoms with van der Waals surface area (Å²) in [5, 5.41) is 4.32. The number of likely N-dealkylation sites (N-methyl/N-ethyl adjacent to an activating group) is 1. The van der Waals surface area contributed by atoms with Gasteiger partial charge in [0.2, 0.25) is 5.95 Å². The van der Waals surface area contributed by atoms with Crippen LogP contribution in [-0.2, 0) is 4.74 Å². The van der Waals surface area contributed by atoms with Crippen molar-refractivity contribution in [2.75, 3.05) is 39.7 Å². The van der Waals surface area contributed by atoms with Gasteiger partial charge in [-0.15, -0.1) is 0 Å². The molecule has 0 atom stereocenters. The van der Waals surface area contributed by atoms with Crippen molar-refractivity contribution in [2.45, 2.75) is 12.8 Å². The summed E-state index contributed by atoms with van der Waals surface area (Å²) in [5.74, 6) is 1.40. The molecular formula is C19H24N4O2. The number of aromatic nitrogens is 2. The molecule has 132 valence electrons. The summed E-state index contributed by atoms with van der Waals surface area (Å²) in [7, 11) is 5.46.